The van der Waals surface area contributed by atoms with Gasteiger partial charge < -0.3 is 14.5 Å². The minimum Gasteiger partial charge on any atom is -0.449 e. The first-order valence-electron chi connectivity index (χ1n) is 9.63. The van der Waals surface area contributed by atoms with Crippen LogP contribution in [0.25, 0.3) is 0 Å². The maximum Gasteiger partial charge on any atom is 0.409 e. The lowest BCUT2D eigenvalue weighted by atomic mass is 9.89. The van der Waals surface area contributed by atoms with Crippen molar-refractivity contribution < 1.29 is 9.53 Å². The zero-order valence-corrected chi connectivity index (χ0v) is 16.9. The number of nitrogens with zero attached hydrogens (tertiary/aromatic N) is 2. The van der Waals surface area contributed by atoms with E-state index in [1.807, 2.05) is 23.1 Å². The van der Waals surface area contributed by atoms with Crippen molar-refractivity contribution in [1.82, 2.24) is 9.80 Å². The Kier molecular flexibility index (Phi) is 7.07. The van der Waals surface area contributed by atoms with E-state index < -0.39 is 0 Å². The number of rotatable bonds is 6. The summed E-state index contributed by atoms with van der Waals surface area (Å²) < 4.78 is 5.35. The Morgan fingerprint density at radius 2 is 1.96 bits per heavy atom. The lowest BCUT2D eigenvalue weighted by Crippen LogP contribution is -2.48. The monoisotopic (exact) mass is 398 g/mol. The van der Waals surface area contributed by atoms with Crippen LogP contribution in [0.15, 0.2) is 18.2 Å². The highest BCUT2D eigenvalue weighted by Crippen LogP contribution is 2.28. The van der Waals surface area contributed by atoms with E-state index in [0.29, 0.717) is 18.4 Å². The second-order valence-electron chi connectivity index (χ2n) is 7.57. The van der Waals surface area contributed by atoms with Crippen LogP contribution in [-0.2, 0) is 11.2 Å². The predicted molar refractivity (Wildman–Crippen MR) is 106 cm³/mol. The fourth-order valence-corrected chi connectivity index (χ4v) is 4.42. The van der Waals surface area contributed by atoms with Gasteiger partial charge in [-0.05, 0) is 68.5 Å². The molecule has 2 heterocycles. The average Bonchev–Trinajstić information content (AvgIpc) is 2.63. The van der Waals surface area contributed by atoms with Crippen LogP contribution in [0.2, 0.25) is 10.0 Å². The van der Waals surface area contributed by atoms with Gasteiger partial charge >= 0.3 is 6.09 Å². The zero-order valence-electron chi connectivity index (χ0n) is 15.4. The first-order valence-corrected chi connectivity index (χ1v) is 10.4. The Morgan fingerprint density at radius 1 is 1.19 bits per heavy atom. The highest BCUT2D eigenvalue weighted by molar-refractivity contribution is 6.33. The number of halogens is 2. The molecule has 4 nitrogen and oxygen atoms in total. The second kappa shape index (κ2) is 9.29. The number of cyclic esters (lactones) is 1. The molecule has 0 radical (unpaired) electrons. The minimum absolute atomic E-state index is 0.153. The number of likely N-dealkylation sites (tertiary alicyclic amines) is 1. The molecule has 1 unspecified atom stereocenters. The van der Waals surface area contributed by atoms with Crippen LogP contribution in [-0.4, -0.2) is 55.2 Å². The van der Waals surface area contributed by atoms with Crippen molar-refractivity contribution in [2.45, 2.75) is 32.6 Å². The van der Waals surface area contributed by atoms with Crippen molar-refractivity contribution in [3.05, 3.63) is 33.8 Å². The number of carbonyl (C=O) groups is 1. The third kappa shape index (κ3) is 5.28. The summed E-state index contributed by atoms with van der Waals surface area (Å²) in [6, 6.07) is 5.73. The number of piperidine rings is 1. The average molecular weight is 399 g/mol. The molecular weight excluding hydrogens is 371 g/mol. The normalized spacial score (nSPS) is 22.5. The van der Waals surface area contributed by atoms with Crippen LogP contribution in [0.1, 0.15) is 31.7 Å². The topological polar surface area (TPSA) is 32.8 Å². The van der Waals surface area contributed by atoms with E-state index in [1.54, 1.807) is 0 Å². The molecule has 0 spiro atoms. The van der Waals surface area contributed by atoms with E-state index in [1.165, 1.54) is 12.8 Å². The highest BCUT2D eigenvalue weighted by Gasteiger charge is 2.29. The molecule has 0 saturated carbocycles. The van der Waals surface area contributed by atoms with Crippen molar-refractivity contribution in [3.63, 3.8) is 0 Å². The Balaban J connectivity index is 1.45. The molecule has 0 aromatic heterocycles. The lowest BCUT2D eigenvalue weighted by Gasteiger charge is -2.37. The van der Waals surface area contributed by atoms with E-state index in [0.717, 1.165) is 61.2 Å². The van der Waals surface area contributed by atoms with Gasteiger partial charge in [0.2, 0.25) is 0 Å². The summed E-state index contributed by atoms with van der Waals surface area (Å²) in [6.45, 7) is 7.47. The van der Waals surface area contributed by atoms with Crippen LogP contribution in [0.5, 0.6) is 0 Å². The largest absolute Gasteiger partial charge is 0.449 e. The molecule has 2 aliphatic rings. The van der Waals surface area contributed by atoms with Gasteiger partial charge in [0.1, 0.15) is 0 Å². The number of hydrogen-bond donors (Lipinski definition) is 0. The van der Waals surface area contributed by atoms with Crippen molar-refractivity contribution in [2.24, 2.45) is 11.8 Å². The third-order valence-electron chi connectivity index (χ3n) is 5.41. The van der Waals surface area contributed by atoms with Crippen molar-refractivity contribution in [3.8, 4) is 0 Å². The zero-order chi connectivity index (χ0) is 18.5. The highest BCUT2D eigenvalue weighted by atomic mass is 35.5. The molecule has 2 saturated heterocycles. The first kappa shape index (κ1) is 19.8. The van der Waals surface area contributed by atoms with E-state index in [2.05, 4.69) is 11.8 Å². The van der Waals surface area contributed by atoms with Gasteiger partial charge in [0.25, 0.3) is 0 Å². The minimum atomic E-state index is -0.153. The van der Waals surface area contributed by atoms with Crippen LogP contribution in [0, 0.1) is 11.8 Å². The van der Waals surface area contributed by atoms with E-state index in [4.69, 9.17) is 27.9 Å². The van der Waals surface area contributed by atoms with Gasteiger partial charge in [-0.25, -0.2) is 4.79 Å². The molecule has 3 rings (SSSR count). The van der Waals surface area contributed by atoms with Gasteiger partial charge in [-0.3, -0.25) is 0 Å². The Labute approximate surface area is 166 Å². The number of hydrogen-bond acceptors (Lipinski definition) is 3. The summed E-state index contributed by atoms with van der Waals surface area (Å²) in [6.07, 6.45) is 4.17. The summed E-state index contributed by atoms with van der Waals surface area (Å²) in [5.74, 6) is 1.07. The van der Waals surface area contributed by atoms with E-state index in [9.17, 15) is 4.79 Å². The van der Waals surface area contributed by atoms with Crippen molar-refractivity contribution in [2.75, 3.05) is 39.3 Å². The molecule has 2 aliphatic heterocycles. The summed E-state index contributed by atoms with van der Waals surface area (Å²) in [4.78, 5) is 16.1. The molecular formula is C20H28Cl2N2O2. The molecule has 2 fully saturated rings. The molecule has 1 amide bonds. The number of carbonyl (C=O) groups excluding carboxylic acids is 1. The van der Waals surface area contributed by atoms with Crippen LogP contribution >= 0.6 is 23.2 Å². The van der Waals surface area contributed by atoms with Gasteiger partial charge in [0.15, 0.2) is 0 Å². The maximum absolute atomic E-state index is 11.8. The van der Waals surface area contributed by atoms with Crippen molar-refractivity contribution in [1.29, 1.82) is 0 Å². The summed E-state index contributed by atoms with van der Waals surface area (Å²) >= 11 is 12.4. The molecule has 144 valence electrons. The van der Waals surface area contributed by atoms with Gasteiger partial charge in [0, 0.05) is 35.6 Å². The molecule has 6 heteroatoms. The maximum atomic E-state index is 11.8. The first-order chi connectivity index (χ1) is 12.5. The smallest absolute Gasteiger partial charge is 0.409 e. The molecule has 26 heavy (non-hydrogen) atoms. The van der Waals surface area contributed by atoms with Gasteiger partial charge in [-0.1, -0.05) is 30.1 Å². The van der Waals surface area contributed by atoms with Crippen LogP contribution in [0.4, 0.5) is 4.79 Å². The number of benzene rings is 1. The number of ether oxygens (including phenoxy) is 1. The predicted octanol–water partition coefficient (Wildman–Crippen LogP) is 4.73. The Hall–Kier alpha value is -0.970. The van der Waals surface area contributed by atoms with Gasteiger partial charge in [-0.15, -0.1) is 0 Å². The van der Waals surface area contributed by atoms with Gasteiger partial charge in [0.05, 0.1) is 6.61 Å². The number of amides is 1. The standard InChI is InChI=1S/C20H28Cl2N2O2/c1-2-7-24-13-16(14-26-20(24)25)12-23-8-5-15(6-9-23)10-17-11-18(21)3-4-19(17)22/h3-4,11,15-16H,2,5-10,12-14H2,1H3. The van der Waals surface area contributed by atoms with Gasteiger partial charge in [-0.2, -0.15) is 0 Å². The van der Waals surface area contributed by atoms with Crippen LogP contribution in [0.3, 0.4) is 0 Å². The Bertz CT molecular complexity index is 618. The second-order valence-corrected chi connectivity index (χ2v) is 8.42. The fraction of sp³-hybridized carbons (Fsp3) is 0.650. The molecule has 1 aromatic carbocycles. The summed E-state index contributed by atoms with van der Waals surface area (Å²) in [5.41, 5.74) is 1.16. The SMILES string of the molecule is CCCN1CC(CN2CCC(Cc3cc(Cl)ccc3Cl)CC2)COC1=O. The van der Waals surface area contributed by atoms with E-state index in [-0.39, 0.29) is 6.09 Å². The molecule has 0 aliphatic carbocycles. The lowest BCUT2D eigenvalue weighted by molar-refractivity contribution is 0.0269. The molecule has 1 atom stereocenters. The fourth-order valence-electron chi connectivity index (χ4n) is 4.03. The molecule has 0 bridgehead atoms. The molecule has 0 N–H and O–H groups in total. The quantitative estimate of drug-likeness (QED) is 0.694. The van der Waals surface area contributed by atoms with Crippen LogP contribution < -0.4 is 0 Å². The molecule has 1 aromatic rings. The van der Waals surface area contributed by atoms with E-state index >= 15 is 0 Å². The Morgan fingerprint density at radius 3 is 2.69 bits per heavy atom. The van der Waals surface area contributed by atoms with Crippen molar-refractivity contribution >= 4 is 29.3 Å². The third-order valence-corrected chi connectivity index (χ3v) is 6.02. The summed E-state index contributed by atoms with van der Waals surface area (Å²) in [5, 5.41) is 1.57. The summed E-state index contributed by atoms with van der Waals surface area (Å²) in [7, 11) is 0.